The van der Waals surface area contributed by atoms with E-state index in [4.69, 9.17) is 0 Å². The van der Waals surface area contributed by atoms with Gasteiger partial charge in [-0.1, -0.05) is 42.1 Å². The topological polar surface area (TPSA) is 42.0 Å². The number of aryl methyl sites for hydroxylation is 1. The number of benzene rings is 2. The molecule has 3 aromatic rings. The zero-order valence-corrected chi connectivity index (χ0v) is 13.4. The summed E-state index contributed by atoms with van der Waals surface area (Å²) >= 11 is 3.23. The van der Waals surface area contributed by atoms with E-state index in [-0.39, 0.29) is 11.2 Å². The maximum Gasteiger partial charge on any atom is 0.237 e. The molecule has 22 heavy (non-hydrogen) atoms. The number of nitrogens with one attached hydrogen (secondary N) is 1. The molecule has 0 saturated carbocycles. The third kappa shape index (κ3) is 2.62. The predicted molar refractivity (Wildman–Crippen MR) is 92.7 cm³/mol. The van der Waals surface area contributed by atoms with E-state index in [9.17, 15) is 4.79 Å². The summed E-state index contributed by atoms with van der Waals surface area (Å²) in [6.45, 7) is 0. The molecule has 0 aliphatic carbocycles. The number of para-hydroxylation sites is 2. The minimum absolute atomic E-state index is 0.0780. The first kappa shape index (κ1) is 13.8. The summed E-state index contributed by atoms with van der Waals surface area (Å²) in [5.74, 6) is 0.0780. The van der Waals surface area contributed by atoms with Crippen LogP contribution in [0.1, 0.15) is 12.0 Å². The number of amides is 1. The molecule has 1 amide bonds. The smallest absolute Gasteiger partial charge is 0.237 e. The highest BCUT2D eigenvalue weighted by atomic mass is 32.2. The molecule has 0 fully saturated rings. The van der Waals surface area contributed by atoms with Gasteiger partial charge in [-0.15, -0.1) is 11.3 Å². The summed E-state index contributed by atoms with van der Waals surface area (Å²) in [6.07, 6.45) is 1.75. The minimum atomic E-state index is -0.0898. The van der Waals surface area contributed by atoms with E-state index < -0.39 is 0 Å². The van der Waals surface area contributed by atoms with Crippen molar-refractivity contribution in [2.45, 2.75) is 22.4 Å². The normalized spacial score (nSPS) is 17.8. The van der Waals surface area contributed by atoms with Crippen molar-refractivity contribution in [2.75, 3.05) is 5.32 Å². The maximum absolute atomic E-state index is 12.4. The lowest BCUT2D eigenvalue weighted by Crippen LogP contribution is -2.23. The van der Waals surface area contributed by atoms with Crippen LogP contribution in [0.3, 0.4) is 0 Å². The number of anilines is 1. The second-order valence-electron chi connectivity index (χ2n) is 5.24. The summed E-state index contributed by atoms with van der Waals surface area (Å²) < 4.78 is 2.13. The summed E-state index contributed by atoms with van der Waals surface area (Å²) in [6, 6.07) is 16.1. The van der Waals surface area contributed by atoms with Crippen molar-refractivity contribution >= 4 is 44.9 Å². The second kappa shape index (κ2) is 5.74. The predicted octanol–water partition coefficient (Wildman–Crippen LogP) is 4.34. The zero-order chi connectivity index (χ0) is 14.9. The zero-order valence-electron chi connectivity index (χ0n) is 11.8. The number of nitrogens with zero attached hydrogens (tertiary/aromatic N) is 1. The standard InChI is InChI=1S/C17H14N2OS2/c20-16-15(10-9-11-5-1-2-6-12(11)18-16)22-17-19-13-7-3-4-8-14(13)21-17/h1-8,15H,9-10H2,(H,18,20). The van der Waals surface area contributed by atoms with Crippen molar-refractivity contribution in [3.05, 3.63) is 54.1 Å². The van der Waals surface area contributed by atoms with Crippen molar-refractivity contribution in [3.63, 3.8) is 0 Å². The van der Waals surface area contributed by atoms with Crippen LogP contribution in [0.25, 0.3) is 10.2 Å². The second-order valence-corrected chi connectivity index (χ2v) is 7.72. The molecular weight excluding hydrogens is 312 g/mol. The molecule has 1 aliphatic heterocycles. The third-order valence-corrected chi connectivity index (χ3v) is 6.16. The Labute approximate surface area is 136 Å². The van der Waals surface area contributed by atoms with Crippen molar-refractivity contribution in [2.24, 2.45) is 0 Å². The fourth-order valence-corrected chi connectivity index (χ4v) is 4.93. The Morgan fingerprint density at radius 2 is 1.95 bits per heavy atom. The van der Waals surface area contributed by atoms with Crippen molar-refractivity contribution in [3.8, 4) is 0 Å². The van der Waals surface area contributed by atoms with Crippen LogP contribution >= 0.6 is 23.1 Å². The molecule has 2 heterocycles. The van der Waals surface area contributed by atoms with Gasteiger partial charge in [-0.25, -0.2) is 4.98 Å². The molecule has 1 unspecified atom stereocenters. The van der Waals surface area contributed by atoms with Gasteiger partial charge in [0.15, 0.2) is 4.34 Å². The monoisotopic (exact) mass is 326 g/mol. The molecule has 1 N–H and O–H groups in total. The molecule has 1 atom stereocenters. The van der Waals surface area contributed by atoms with E-state index in [1.165, 1.54) is 10.3 Å². The average molecular weight is 326 g/mol. The maximum atomic E-state index is 12.4. The number of hydrogen-bond acceptors (Lipinski definition) is 4. The van der Waals surface area contributed by atoms with Crippen LogP contribution in [-0.4, -0.2) is 16.1 Å². The first-order chi connectivity index (χ1) is 10.8. The minimum Gasteiger partial charge on any atom is -0.325 e. The molecule has 0 saturated heterocycles. The SMILES string of the molecule is O=C1Nc2ccccc2CCC1Sc1nc2ccccc2s1. The number of aromatic nitrogens is 1. The first-order valence-electron chi connectivity index (χ1n) is 7.20. The summed E-state index contributed by atoms with van der Waals surface area (Å²) in [5.41, 5.74) is 3.16. The highest BCUT2D eigenvalue weighted by molar-refractivity contribution is 8.02. The van der Waals surface area contributed by atoms with Gasteiger partial charge in [-0.2, -0.15) is 0 Å². The van der Waals surface area contributed by atoms with Gasteiger partial charge in [0.05, 0.1) is 15.5 Å². The van der Waals surface area contributed by atoms with Crippen LogP contribution in [0.15, 0.2) is 52.9 Å². The fraction of sp³-hybridized carbons (Fsp3) is 0.176. The summed E-state index contributed by atoms with van der Waals surface area (Å²) in [5, 5.41) is 2.95. The average Bonchev–Trinajstić information content (AvgIpc) is 2.87. The van der Waals surface area contributed by atoms with Crippen LogP contribution in [0.2, 0.25) is 0 Å². The van der Waals surface area contributed by atoms with Crippen molar-refractivity contribution < 1.29 is 4.79 Å². The van der Waals surface area contributed by atoms with E-state index in [0.717, 1.165) is 28.4 Å². The number of thioether (sulfide) groups is 1. The number of fused-ring (bicyclic) bond motifs is 2. The molecule has 3 nitrogen and oxygen atoms in total. The molecule has 110 valence electrons. The highest BCUT2D eigenvalue weighted by Gasteiger charge is 2.25. The van der Waals surface area contributed by atoms with Crippen LogP contribution < -0.4 is 5.32 Å². The number of carbonyl (C=O) groups is 1. The summed E-state index contributed by atoms with van der Waals surface area (Å²) in [4.78, 5) is 17.1. The number of hydrogen-bond donors (Lipinski definition) is 1. The lowest BCUT2D eigenvalue weighted by atomic mass is 10.1. The largest absolute Gasteiger partial charge is 0.325 e. The van der Waals surface area contributed by atoms with Crippen LogP contribution in [0.5, 0.6) is 0 Å². The molecule has 0 spiro atoms. The number of carbonyl (C=O) groups excluding carboxylic acids is 1. The molecular formula is C17H14N2OS2. The fourth-order valence-electron chi connectivity index (χ4n) is 2.63. The van der Waals surface area contributed by atoms with Crippen LogP contribution in [0, 0.1) is 0 Å². The van der Waals surface area contributed by atoms with Crippen molar-refractivity contribution in [1.82, 2.24) is 4.98 Å². The Morgan fingerprint density at radius 1 is 1.14 bits per heavy atom. The summed E-state index contributed by atoms with van der Waals surface area (Å²) in [7, 11) is 0. The van der Waals surface area contributed by atoms with Gasteiger partial charge in [0.2, 0.25) is 5.91 Å². The number of thiazole rings is 1. The molecule has 5 heteroatoms. The van der Waals surface area contributed by atoms with Gasteiger partial charge < -0.3 is 5.32 Å². The Balaban J connectivity index is 1.57. The van der Waals surface area contributed by atoms with Gasteiger partial charge in [-0.05, 0) is 36.6 Å². The molecule has 0 bridgehead atoms. The molecule has 1 aliphatic rings. The van der Waals surface area contributed by atoms with E-state index in [1.54, 1.807) is 23.1 Å². The van der Waals surface area contributed by atoms with Gasteiger partial charge in [0.25, 0.3) is 0 Å². The Bertz CT molecular complexity index is 810. The Kier molecular flexibility index (Phi) is 3.60. The molecule has 4 rings (SSSR count). The third-order valence-electron chi connectivity index (χ3n) is 3.76. The first-order valence-corrected chi connectivity index (χ1v) is 8.90. The quantitative estimate of drug-likeness (QED) is 0.761. The van der Waals surface area contributed by atoms with Gasteiger partial charge in [0.1, 0.15) is 0 Å². The molecule has 1 aromatic heterocycles. The Morgan fingerprint density at radius 3 is 2.86 bits per heavy atom. The van der Waals surface area contributed by atoms with Gasteiger partial charge in [-0.3, -0.25) is 4.79 Å². The Hall–Kier alpha value is -1.85. The van der Waals surface area contributed by atoms with E-state index >= 15 is 0 Å². The lowest BCUT2D eigenvalue weighted by molar-refractivity contribution is -0.115. The van der Waals surface area contributed by atoms with Gasteiger partial charge in [0, 0.05) is 5.69 Å². The van der Waals surface area contributed by atoms with E-state index in [1.807, 2.05) is 36.4 Å². The van der Waals surface area contributed by atoms with E-state index in [0.29, 0.717) is 0 Å². The molecule has 2 aromatic carbocycles. The van der Waals surface area contributed by atoms with Crippen LogP contribution in [0.4, 0.5) is 5.69 Å². The van der Waals surface area contributed by atoms with Gasteiger partial charge >= 0.3 is 0 Å². The van der Waals surface area contributed by atoms with E-state index in [2.05, 4.69) is 22.4 Å². The molecule has 0 radical (unpaired) electrons. The highest BCUT2D eigenvalue weighted by Crippen LogP contribution is 2.35. The van der Waals surface area contributed by atoms with Crippen molar-refractivity contribution in [1.29, 1.82) is 0 Å². The lowest BCUT2D eigenvalue weighted by Gasteiger charge is -2.10. The van der Waals surface area contributed by atoms with Crippen LogP contribution in [-0.2, 0) is 11.2 Å². The number of rotatable bonds is 2.